The largest absolute Gasteiger partial charge is 0.330 e. The number of rotatable bonds is 1. The molecular formula is C8H16N2. The molecule has 0 amide bonds. The van der Waals surface area contributed by atoms with Crippen LogP contribution in [0.1, 0.15) is 12.8 Å². The van der Waals surface area contributed by atoms with Gasteiger partial charge in [0.05, 0.1) is 0 Å². The molecule has 0 unspecified atom stereocenters. The maximum absolute atomic E-state index is 5.66. The first-order valence-electron chi connectivity index (χ1n) is 4.32. The van der Waals surface area contributed by atoms with Gasteiger partial charge in [-0.2, -0.15) is 0 Å². The van der Waals surface area contributed by atoms with Crippen LogP contribution in [0.4, 0.5) is 0 Å². The van der Waals surface area contributed by atoms with Gasteiger partial charge in [0.1, 0.15) is 0 Å². The zero-order valence-electron chi connectivity index (χ0n) is 6.34. The summed E-state index contributed by atoms with van der Waals surface area (Å²) >= 11 is 0. The van der Waals surface area contributed by atoms with Gasteiger partial charge in [-0.15, -0.1) is 0 Å². The van der Waals surface area contributed by atoms with Crippen LogP contribution in [0, 0.1) is 17.8 Å². The second-order valence-corrected chi connectivity index (χ2v) is 3.66. The van der Waals surface area contributed by atoms with Crippen molar-refractivity contribution < 1.29 is 0 Å². The molecule has 0 bridgehead atoms. The Labute approximate surface area is 62.2 Å². The van der Waals surface area contributed by atoms with Crippen molar-refractivity contribution in [2.75, 3.05) is 19.6 Å². The van der Waals surface area contributed by atoms with E-state index in [0.29, 0.717) is 0 Å². The van der Waals surface area contributed by atoms with Crippen LogP contribution < -0.4 is 11.1 Å². The molecule has 0 spiro atoms. The molecule has 58 valence electrons. The molecule has 0 aromatic heterocycles. The van der Waals surface area contributed by atoms with Gasteiger partial charge in [-0.1, -0.05) is 0 Å². The summed E-state index contributed by atoms with van der Waals surface area (Å²) in [7, 11) is 0. The van der Waals surface area contributed by atoms with Crippen molar-refractivity contribution in [2.24, 2.45) is 23.5 Å². The molecule has 0 radical (unpaired) electrons. The van der Waals surface area contributed by atoms with E-state index in [9.17, 15) is 0 Å². The molecule has 10 heavy (non-hydrogen) atoms. The van der Waals surface area contributed by atoms with E-state index in [1.54, 1.807) is 0 Å². The van der Waals surface area contributed by atoms with Crippen LogP contribution in [0.25, 0.3) is 0 Å². The molecule has 2 fully saturated rings. The van der Waals surface area contributed by atoms with Gasteiger partial charge in [0, 0.05) is 0 Å². The van der Waals surface area contributed by atoms with Gasteiger partial charge in [-0.25, -0.2) is 0 Å². The van der Waals surface area contributed by atoms with E-state index in [1.165, 1.54) is 25.9 Å². The van der Waals surface area contributed by atoms with E-state index < -0.39 is 0 Å². The number of fused-ring (bicyclic) bond motifs is 1. The monoisotopic (exact) mass is 140 g/mol. The number of nitrogens with one attached hydrogen (secondary N) is 1. The minimum atomic E-state index is 0.833. The Morgan fingerprint density at radius 1 is 1.30 bits per heavy atom. The molecule has 1 saturated heterocycles. The van der Waals surface area contributed by atoms with Crippen molar-refractivity contribution >= 4 is 0 Å². The lowest BCUT2D eigenvalue weighted by atomic mass is 9.93. The Morgan fingerprint density at radius 2 is 2.20 bits per heavy atom. The summed E-state index contributed by atoms with van der Waals surface area (Å²) < 4.78 is 0. The van der Waals surface area contributed by atoms with Crippen molar-refractivity contribution in [1.82, 2.24) is 5.32 Å². The topological polar surface area (TPSA) is 38.0 Å². The summed E-state index contributed by atoms with van der Waals surface area (Å²) in [6, 6.07) is 0. The van der Waals surface area contributed by atoms with Crippen LogP contribution in [0.5, 0.6) is 0 Å². The van der Waals surface area contributed by atoms with Crippen molar-refractivity contribution in [3.05, 3.63) is 0 Å². The molecule has 2 rings (SSSR count). The quantitative estimate of drug-likeness (QED) is 0.545. The van der Waals surface area contributed by atoms with Crippen LogP contribution >= 0.6 is 0 Å². The van der Waals surface area contributed by atoms with Crippen molar-refractivity contribution in [1.29, 1.82) is 0 Å². The van der Waals surface area contributed by atoms with Gasteiger partial charge in [-0.05, 0) is 50.2 Å². The van der Waals surface area contributed by atoms with E-state index in [1.807, 2.05) is 0 Å². The molecule has 1 aliphatic heterocycles. The maximum atomic E-state index is 5.66. The third kappa shape index (κ3) is 0.867. The SMILES string of the molecule is NC[C@@H]1CC[C@@H]2CNC[C@H]12. The summed E-state index contributed by atoms with van der Waals surface area (Å²) in [6.45, 7) is 3.39. The van der Waals surface area contributed by atoms with E-state index in [2.05, 4.69) is 5.32 Å². The third-order valence-electron chi connectivity index (χ3n) is 3.21. The molecule has 1 heterocycles. The predicted molar refractivity (Wildman–Crippen MR) is 41.6 cm³/mol. The number of hydrogen-bond donors (Lipinski definition) is 2. The maximum Gasteiger partial charge on any atom is -0.00141 e. The molecule has 2 aliphatic rings. The van der Waals surface area contributed by atoms with Gasteiger partial charge in [0.2, 0.25) is 0 Å². The summed E-state index contributed by atoms with van der Waals surface area (Å²) in [5.74, 6) is 2.72. The molecular weight excluding hydrogens is 124 g/mol. The Hall–Kier alpha value is -0.0800. The molecule has 0 aromatic carbocycles. The highest BCUT2D eigenvalue weighted by Crippen LogP contribution is 2.38. The summed E-state index contributed by atoms with van der Waals surface area (Å²) in [5, 5.41) is 3.43. The predicted octanol–water partition coefficient (Wildman–Crippen LogP) is 0.191. The van der Waals surface area contributed by atoms with Gasteiger partial charge in [0.15, 0.2) is 0 Å². The normalized spacial score (nSPS) is 45.9. The first-order valence-corrected chi connectivity index (χ1v) is 4.32. The summed E-state index contributed by atoms with van der Waals surface area (Å²) in [4.78, 5) is 0. The number of nitrogens with two attached hydrogens (primary N) is 1. The minimum Gasteiger partial charge on any atom is -0.330 e. The lowest BCUT2D eigenvalue weighted by Crippen LogP contribution is -2.22. The highest BCUT2D eigenvalue weighted by Gasteiger charge is 2.37. The number of hydrogen-bond acceptors (Lipinski definition) is 2. The fraction of sp³-hybridized carbons (Fsp3) is 1.00. The highest BCUT2D eigenvalue weighted by atomic mass is 14.9. The van der Waals surface area contributed by atoms with Crippen LogP contribution in [0.2, 0.25) is 0 Å². The third-order valence-corrected chi connectivity index (χ3v) is 3.21. The van der Waals surface area contributed by atoms with Crippen LogP contribution in [0.15, 0.2) is 0 Å². The average Bonchev–Trinajstić information content (AvgIpc) is 2.44. The Bertz CT molecular complexity index is 124. The van der Waals surface area contributed by atoms with E-state index >= 15 is 0 Å². The van der Waals surface area contributed by atoms with Gasteiger partial charge < -0.3 is 11.1 Å². The summed E-state index contributed by atoms with van der Waals surface area (Å²) in [5.41, 5.74) is 5.66. The van der Waals surface area contributed by atoms with Gasteiger partial charge in [-0.3, -0.25) is 0 Å². The minimum absolute atomic E-state index is 0.833. The summed E-state index contributed by atoms with van der Waals surface area (Å²) in [6.07, 6.45) is 2.80. The average molecular weight is 140 g/mol. The highest BCUT2D eigenvalue weighted by molar-refractivity contribution is 4.91. The van der Waals surface area contributed by atoms with E-state index in [4.69, 9.17) is 5.73 Å². The van der Waals surface area contributed by atoms with Gasteiger partial charge >= 0.3 is 0 Å². The van der Waals surface area contributed by atoms with E-state index in [0.717, 1.165) is 24.3 Å². The molecule has 3 N–H and O–H groups in total. The smallest absolute Gasteiger partial charge is 0.00141 e. The fourth-order valence-corrected chi connectivity index (χ4v) is 2.56. The zero-order chi connectivity index (χ0) is 6.97. The lowest BCUT2D eigenvalue weighted by molar-refractivity contribution is 0.384. The molecule has 0 aromatic rings. The molecule has 1 saturated carbocycles. The molecule has 3 atom stereocenters. The first kappa shape index (κ1) is 6.62. The van der Waals surface area contributed by atoms with Crippen LogP contribution in [0.3, 0.4) is 0 Å². The van der Waals surface area contributed by atoms with Crippen molar-refractivity contribution in [2.45, 2.75) is 12.8 Å². The van der Waals surface area contributed by atoms with Gasteiger partial charge in [0.25, 0.3) is 0 Å². The first-order chi connectivity index (χ1) is 4.92. The Balaban J connectivity index is 2.01. The zero-order valence-corrected chi connectivity index (χ0v) is 6.34. The molecule has 1 aliphatic carbocycles. The van der Waals surface area contributed by atoms with Crippen LogP contribution in [-0.4, -0.2) is 19.6 Å². The second-order valence-electron chi connectivity index (χ2n) is 3.66. The standard InChI is InChI=1S/C8H16N2/c9-3-6-1-2-7-4-10-5-8(6)7/h6-8,10H,1-5,9H2/t6-,7+,8+/m0/s1. The van der Waals surface area contributed by atoms with Crippen molar-refractivity contribution in [3.63, 3.8) is 0 Å². The van der Waals surface area contributed by atoms with Crippen molar-refractivity contribution in [3.8, 4) is 0 Å². The van der Waals surface area contributed by atoms with E-state index in [-0.39, 0.29) is 0 Å². The van der Waals surface area contributed by atoms with Crippen LogP contribution in [-0.2, 0) is 0 Å². The molecule has 2 nitrogen and oxygen atoms in total. The lowest BCUT2D eigenvalue weighted by Gasteiger charge is -2.14. The fourth-order valence-electron chi connectivity index (χ4n) is 2.56. The second kappa shape index (κ2) is 2.51. The molecule has 2 heteroatoms. The Kier molecular flexibility index (Phi) is 1.66. The Morgan fingerprint density at radius 3 is 3.00 bits per heavy atom.